The van der Waals surface area contributed by atoms with Crippen LogP contribution in [0, 0.1) is 0 Å². The van der Waals surface area contributed by atoms with E-state index in [2.05, 4.69) is 45.4 Å². The zero-order valence-corrected chi connectivity index (χ0v) is 14.8. The van der Waals surface area contributed by atoms with Crippen molar-refractivity contribution < 1.29 is 0 Å². The summed E-state index contributed by atoms with van der Waals surface area (Å²) >= 11 is 0. The quantitative estimate of drug-likeness (QED) is 0.623. The first kappa shape index (κ1) is 17.7. The van der Waals surface area contributed by atoms with Gasteiger partial charge in [-0.25, -0.2) is 0 Å². The van der Waals surface area contributed by atoms with Gasteiger partial charge >= 0.3 is 0 Å². The molecule has 1 aliphatic heterocycles. The monoisotopic (exact) mass is 317 g/mol. The van der Waals surface area contributed by atoms with Gasteiger partial charge in [0.1, 0.15) is 0 Å². The molecule has 2 heterocycles. The molecule has 0 spiro atoms. The molecule has 128 valence electrons. The molecule has 2 unspecified atom stereocenters. The van der Waals surface area contributed by atoms with Crippen molar-refractivity contribution in [1.82, 2.24) is 20.5 Å². The maximum atomic E-state index is 4.34. The molecule has 1 aromatic rings. The summed E-state index contributed by atoms with van der Waals surface area (Å²) in [5.74, 6) is 0.873. The highest BCUT2D eigenvalue weighted by Gasteiger charge is 2.22. The second-order valence-corrected chi connectivity index (χ2v) is 6.38. The predicted octanol–water partition coefficient (Wildman–Crippen LogP) is 2.05. The van der Waals surface area contributed by atoms with E-state index >= 15 is 0 Å². The minimum atomic E-state index is 0.527. The van der Waals surface area contributed by atoms with E-state index < -0.39 is 0 Å². The third-order valence-corrected chi connectivity index (χ3v) is 4.61. The summed E-state index contributed by atoms with van der Waals surface area (Å²) in [4.78, 5) is 11.3. The van der Waals surface area contributed by atoms with E-state index in [4.69, 9.17) is 0 Å². The van der Waals surface area contributed by atoms with Gasteiger partial charge in [0.2, 0.25) is 0 Å². The number of hydrogen-bond donors (Lipinski definition) is 2. The Hall–Kier alpha value is -1.62. The molecule has 0 saturated carbocycles. The van der Waals surface area contributed by atoms with Gasteiger partial charge in [0.15, 0.2) is 5.96 Å². The standard InChI is InChI=1S/C18H31N5/c1-15-8-5-7-13-23(15)16(2)14-22-18(19-3)21-12-10-17-9-4-6-11-20-17/h4,6,9,11,15-16H,5,7-8,10,12-14H2,1-3H3,(H2,19,21,22). The lowest BCUT2D eigenvalue weighted by Crippen LogP contribution is -2.50. The van der Waals surface area contributed by atoms with Crippen molar-refractivity contribution >= 4 is 5.96 Å². The Labute approximate surface area is 140 Å². The molecule has 0 aromatic carbocycles. The van der Waals surface area contributed by atoms with Crippen LogP contribution >= 0.6 is 0 Å². The molecule has 5 heteroatoms. The fraction of sp³-hybridized carbons (Fsp3) is 0.667. The number of hydrogen-bond acceptors (Lipinski definition) is 3. The number of nitrogens with one attached hydrogen (secondary N) is 2. The maximum absolute atomic E-state index is 4.34. The molecule has 0 aliphatic carbocycles. The van der Waals surface area contributed by atoms with E-state index in [0.717, 1.165) is 31.2 Å². The van der Waals surface area contributed by atoms with Crippen molar-refractivity contribution in [2.45, 2.75) is 51.6 Å². The number of aliphatic imine (C=N–C) groups is 1. The van der Waals surface area contributed by atoms with Crippen molar-refractivity contribution in [3.05, 3.63) is 30.1 Å². The molecule has 2 rings (SSSR count). The van der Waals surface area contributed by atoms with E-state index in [9.17, 15) is 0 Å². The van der Waals surface area contributed by atoms with E-state index in [-0.39, 0.29) is 0 Å². The van der Waals surface area contributed by atoms with Crippen LogP contribution in [0.2, 0.25) is 0 Å². The van der Waals surface area contributed by atoms with Crippen LogP contribution in [0.5, 0.6) is 0 Å². The number of rotatable bonds is 6. The molecule has 0 bridgehead atoms. The summed E-state index contributed by atoms with van der Waals surface area (Å²) in [6, 6.07) is 7.24. The van der Waals surface area contributed by atoms with Gasteiger partial charge in [0, 0.05) is 50.5 Å². The lowest BCUT2D eigenvalue weighted by Gasteiger charge is -2.38. The van der Waals surface area contributed by atoms with Gasteiger partial charge < -0.3 is 10.6 Å². The van der Waals surface area contributed by atoms with Gasteiger partial charge in [0.05, 0.1) is 0 Å². The van der Waals surface area contributed by atoms with Gasteiger partial charge in [0.25, 0.3) is 0 Å². The molecule has 1 saturated heterocycles. The topological polar surface area (TPSA) is 52.6 Å². The Morgan fingerprint density at radius 3 is 2.96 bits per heavy atom. The highest BCUT2D eigenvalue weighted by molar-refractivity contribution is 5.79. The van der Waals surface area contributed by atoms with Crippen LogP contribution in [0.3, 0.4) is 0 Å². The fourth-order valence-corrected chi connectivity index (χ4v) is 3.21. The Morgan fingerprint density at radius 1 is 1.39 bits per heavy atom. The number of nitrogens with zero attached hydrogens (tertiary/aromatic N) is 3. The first-order chi connectivity index (χ1) is 11.2. The minimum Gasteiger partial charge on any atom is -0.356 e. The molecular formula is C18H31N5. The summed E-state index contributed by atoms with van der Waals surface area (Å²) in [5.41, 5.74) is 1.10. The highest BCUT2D eigenvalue weighted by atomic mass is 15.2. The zero-order valence-electron chi connectivity index (χ0n) is 14.8. The third kappa shape index (κ3) is 5.82. The largest absolute Gasteiger partial charge is 0.356 e. The van der Waals surface area contributed by atoms with Crippen LogP contribution in [0.25, 0.3) is 0 Å². The second-order valence-electron chi connectivity index (χ2n) is 6.38. The highest BCUT2D eigenvalue weighted by Crippen LogP contribution is 2.18. The number of aromatic nitrogens is 1. The fourth-order valence-electron chi connectivity index (χ4n) is 3.21. The average molecular weight is 317 g/mol. The molecule has 1 fully saturated rings. The van der Waals surface area contributed by atoms with E-state index in [0.29, 0.717) is 12.1 Å². The predicted molar refractivity (Wildman–Crippen MR) is 96.8 cm³/mol. The summed E-state index contributed by atoms with van der Waals surface area (Å²) < 4.78 is 0. The smallest absolute Gasteiger partial charge is 0.191 e. The van der Waals surface area contributed by atoms with Crippen molar-refractivity contribution in [1.29, 1.82) is 0 Å². The SMILES string of the molecule is CN=C(NCCc1ccccn1)NCC(C)N1CCCCC1C. The van der Waals surface area contributed by atoms with Gasteiger partial charge in [-0.05, 0) is 45.4 Å². The number of guanidine groups is 1. The van der Waals surface area contributed by atoms with Crippen molar-refractivity contribution in [3.63, 3.8) is 0 Å². The maximum Gasteiger partial charge on any atom is 0.191 e. The molecule has 0 amide bonds. The normalized spacial score (nSPS) is 21.0. The van der Waals surface area contributed by atoms with E-state index in [1.54, 1.807) is 0 Å². The molecule has 1 aromatic heterocycles. The molecule has 2 N–H and O–H groups in total. The lowest BCUT2D eigenvalue weighted by atomic mass is 10.0. The van der Waals surface area contributed by atoms with Crippen molar-refractivity contribution in [3.8, 4) is 0 Å². The Kier molecular flexibility index (Phi) is 7.33. The Balaban J connectivity index is 1.70. The van der Waals surface area contributed by atoms with Crippen LogP contribution in [0.15, 0.2) is 29.4 Å². The zero-order chi connectivity index (χ0) is 16.5. The van der Waals surface area contributed by atoms with Gasteiger partial charge in [-0.1, -0.05) is 12.5 Å². The summed E-state index contributed by atoms with van der Waals surface area (Å²) in [6.07, 6.45) is 6.76. The summed E-state index contributed by atoms with van der Waals surface area (Å²) in [5, 5.41) is 6.82. The second kappa shape index (κ2) is 9.50. The third-order valence-electron chi connectivity index (χ3n) is 4.61. The van der Waals surface area contributed by atoms with Crippen LogP contribution in [-0.2, 0) is 6.42 Å². The van der Waals surface area contributed by atoms with Crippen molar-refractivity contribution in [2.24, 2.45) is 4.99 Å². The van der Waals surface area contributed by atoms with E-state index in [1.165, 1.54) is 25.8 Å². The Bertz CT molecular complexity index is 474. The first-order valence-corrected chi connectivity index (χ1v) is 8.81. The molecule has 0 radical (unpaired) electrons. The van der Waals surface area contributed by atoms with Gasteiger partial charge in [-0.15, -0.1) is 0 Å². The van der Waals surface area contributed by atoms with Gasteiger partial charge in [-0.3, -0.25) is 14.9 Å². The van der Waals surface area contributed by atoms with Crippen LogP contribution in [0.1, 0.15) is 38.8 Å². The van der Waals surface area contributed by atoms with E-state index in [1.807, 2.05) is 25.4 Å². The number of piperidine rings is 1. The van der Waals surface area contributed by atoms with Crippen LogP contribution in [-0.4, -0.2) is 54.6 Å². The Morgan fingerprint density at radius 2 is 2.26 bits per heavy atom. The average Bonchev–Trinajstić information content (AvgIpc) is 2.59. The summed E-state index contributed by atoms with van der Waals surface area (Å²) in [6.45, 7) is 7.63. The first-order valence-electron chi connectivity index (χ1n) is 8.81. The molecular weight excluding hydrogens is 286 g/mol. The number of likely N-dealkylation sites (tertiary alicyclic amines) is 1. The van der Waals surface area contributed by atoms with Gasteiger partial charge in [-0.2, -0.15) is 0 Å². The number of pyridine rings is 1. The molecule has 5 nitrogen and oxygen atoms in total. The van der Waals surface area contributed by atoms with Crippen molar-refractivity contribution in [2.75, 3.05) is 26.7 Å². The molecule has 23 heavy (non-hydrogen) atoms. The van der Waals surface area contributed by atoms with Crippen LogP contribution in [0.4, 0.5) is 0 Å². The lowest BCUT2D eigenvalue weighted by molar-refractivity contribution is 0.115. The molecule has 2 atom stereocenters. The summed E-state index contributed by atoms with van der Waals surface area (Å²) in [7, 11) is 1.82. The van der Waals surface area contributed by atoms with Crippen LogP contribution < -0.4 is 10.6 Å². The minimum absolute atomic E-state index is 0.527. The molecule has 1 aliphatic rings.